The normalized spacial score (nSPS) is 15.3. The summed E-state index contributed by atoms with van der Waals surface area (Å²) in [4.78, 5) is 22.5. The Bertz CT molecular complexity index is 544. The fraction of sp³-hybridized carbons (Fsp3) is 0.533. The first-order valence-electron chi connectivity index (χ1n) is 7.34. The number of nitrogens with zero attached hydrogens (tertiary/aromatic N) is 1. The van der Waals surface area contributed by atoms with Crippen LogP contribution in [0.3, 0.4) is 0 Å². The maximum Gasteiger partial charge on any atom is 0.296 e. The highest BCUT2D eigenvalue weighted by Crippen LogP contribution is 2.30. The van der Waals surface area contributed by atoms with Gasteiger partial charge in [-0.15, -0.1) is 11.8 Å². The number of thioether (sulfide) groups is 1. The summed E-state index contributed by atoms with van der Waals surface area (Å²) in [5.41, 5.74) is 0.0513. The third kappa shape index (κ3) is 4.62. The van der Waals surface area contributed by atoms with Gasteiger partial charge in [0.2, 0.25) is 5.91 Å². The minimum Gasteiger partial charge on any atom is -0.496 e. The van der Waals surface area contributed by atoms with Crippen LogP contribution in [0.4, 0.5) is 11.4 Å². The lowest BCUT2D eigenvalue weighted by molar-refractivity contribution is -0.384. The summed E-state index contributed by atoms with van der Waals surface area (Å²) in [6, 6.07) is 4.40. The second kappa shape index (κ2) is 8.03. The Kier molecular flexibility index (Phi) is 6.06. The molecule has 0 aromatic heterocycles. The van der Waals surface area contributed by atoms with Crippen molar-refractivity contribution >= 4 is 29.0 Å². The average molecular weight is 324 g/mol. The highest BCUT2D eigenvalue weighted by atomic mass is 32.2. The summed E-state index contributed by atoms with van der Waals surface area (Å²) in [5.74, 6) is 0.513. The van der Waals surface area contributed by atoms with Crippen LogP contribution in [-0.4, -0.2) is 28.9 Å². The van der Waals surface area contributed by atoms with Gasteiger partial charge >= 0.3 is 0 Å². The third-order valence-corrected chi connectivity index (χ3v) is 5.05. The van der Waals surface area contributed by atoms with E-state index in [4.69, 9.17) is 4.74 Å². The summed E-state index contributed by atoms with van der Waals surface area (Å²) in [6.07, 6.45) is 6.04. The summed E-state index contributed by atoms with van der Waals surface area (Å²) >= 11 is 1.64. The van der Waals surface area contributed by atoms with Gasteiger partial charge in [-0.1, -0.05) is 19.3 Å². The number of ether oxygens (including phenoxy) is 1. The van der Waals surface area contributed by atoms with E-state index in [9.17, 15) is 14.9 Å². The molecule has 0 radical (unpaired) electrons. The van der Waals surface area contributed by atoms with E-state index in [0.29, 0.717) is 16.8 Å². The molecule has 0 unspecified atom stereocenters. The summed E-state index contributed by atoms with van der Waals surface area (Å²) in [5, 5.41) is 14.2. The predicted octanol–water partition coefficient (Wildman–Crippen LogP) is 3.61. The van der Waals surface area contributed by atoms with Gasteiger partial charge in [0, 0.05) is 5.25 Å². The van der Waals surface area contributed by atoms with E-state index in [0.717, 1.165) is 12.8 Å². The second-order valence-electron chi connectivity index (χ2n) is 5.26. The molecule has 1 N–H and O–H groups in total. The minimum absolute atomic E-state index is 0.157. The lowest BCUT2D eigenvalue weighted by atomic mass is 10.0. The van der Waals surface area contributed by atoms with Crippen LogP contribution in [0.25, 0.3) is 0 Å². The van der Waals surface area contributed by atoms with Crippen LogP contribution in [0.5, 0.6) is 5.75 Å². The first kappa shape index (κ1) is 16.6. The molecule has 1 aliphatic carbocycles. The highest BCUT2D eigenvalue weighted by molar-refractivity contribution is 8.00. The summed E-state index contributed by atoms with van der Waals surface area (Å²) < 4.78 is 4.97. The van der Waals surface area contributed by atoms with Crippen molar-refractivity contribution in [3.05, 3.63) is 28.3 Å². The number of rotatable bonds is 6. The molecule has 0 spiro atoms. The van der Waals surface area contributed by atoms with E-state index < -0.39 is 4.92 Å². The third-order valence-electron chi connectivity index (χ3n) is 3.68. The molecule has 6 nitrogen and oxygen atoms in total. The molecule has 0 saturated heterocycles. The molecule has 0 heterocycles. The molecule has 1 aromatic carbocycles. The van der Waals surface area contributed by atoms with E-state index in [1.54, 1.807) is 17.8 Å². The van der Waals surface area contributed by atoms with Gasteiger partial charge in [-0.25, -0.2) is 0 Å². The molecule has 1 saturated carbocycles. The number of carbonyl (C=O) groups is 1. The molecular formula is C15H20N2O4S. The Morgan fingerprint density at radius 2 is 2.14 bits per heavy atom. The Balaban J connectivity index is 1.94. The number of carbonyl (C=O) groups excluding carboxylic acids is 1. The minimum atomic E-state index is -0.521. The number of nitrogens with one attached hydrogen (secondary N) is 1. The van der Waals surface area contributed by atoms with Crippen LogP contribution in [-0.2, 0) is 4.79 Å². The zero-order valence-electron chi connectivity index (χ0n) is 12.5. The SMILES string of the molecule is COc1ccc(NC(=O)CSC2CCCCC2)c([N+](=O)[O-])c1. The Morgan fingerprint density at radius 3 is 2.77 bits per heavy atom. The molecule has 22 heavy (non-hydrogen) atoms. The maximum atomic E-state index is 12.0. The molecule has 1 aliphatic rings. The van der Waals surface area contributed by atoms with Gasteiger partial charge in [-0.05, 0) is 25.0 Å². The predicted molar refractivity (Wildman–Crippen MR) is 87.6 cm³/mol. The van der Waals surface area contributed by atoms with E-state index in [-0.39, 0.29) is 17.3 Å². The number of nitro groups is 1. The molecular weight excluding hydrogens is 304 g/mol. The molecule has 0 aliphatic heterocycles. The Hall–Kier alpha value is -1.76. The van der Waals surface area contributed by atoms with Gasteiger partial charge in [0.15, 0.2) is 0 Å². The fourth-order valence-electron chi connectivity index (χ4n) is 2.51. The quantitative estimate of drug-likeness (QED) is 0.638. The number of hydrogen-bond donors (Lipinski definition) is 1. The van der Waals surface area contributed by atoms with Crippen LogP contribution >= 0.6 is 11.8 Å². The zero-order chi connectivity index (χ0) is 15.9. The standard InChI is InChI=1S/C15H20N2O4S/c1-21-11-7-8-13(14(9-11)17(19)20)16-15(18)10-22-12-5-3-2-4-6-12/h7-9,12H,2-6,10H2,1H3,(H,16,18). The van der Waals surface area contributed by atoms with Crippen molar-refractivity contribution in [1.82, 2.24) is 0 Å². The van der Waals surface area contributed by atoms with Crippen LogP contribution in [0, 0.1) is 10.1 Å². The van der Waals surface area contributed by atoms with Crippen LogP contribution in [0.15, 0.2) is 18.2 Å². The van der Waals surface area contributed by atoms with E-state index >= 15 is 0 Å². The second-order valence-corrected chi connectivity index (χ2v) is 6.55. The molecule has 120 valence electrons. The molecule has 0 atom stereocenters. The van der Waals surface area contributed by atoms with Crippen molar-refractivity contribution in [2.24, 2.45) is 0 Å². The Labute approximate surface area is 133 Å². The van der Waals surface area contributed by atoms with Gasteiger partial charge in [-0.2, -0.15) is 0 Å². The Morgan fingerprint density at radius 1 is 1.41 bits per heavy atom. The highest BCUT2D eigenvalue weighted by Gasteiger charge is 2.19. The first-order chi connectivity index (χ1) is 10.6. The summed E-state index contributed by atoms with van der Waals surface area (Å²) in [6.45, 7) is 0. The number of anilines is 1. The smallest absolute Gasteiger partial charge is 0.296 e. The average Bonchev–Trinajstić information content (AvgIpc) is 2.54. The van der Waals surface area contributed by atoms with Crippen LogP contribution < -0.4 is 10.1 Å². The number of hydrogen-bond acceptors (Lipinski definition) is 5. The largest absolute Gasteiger partial charge is 0.496 e. The van der Waals surface area contributed by atoms with Crippen molar-refractivity contribution in [3.63, 3.8) is 0 Å². The molecule has 1 aromatic rings. The summed E-state index contributed by atoms with van der Waals surface area (Å²) in [7, 11) is 1.44. The number of benzene rings is 1. The lowest BCUT2D eigenvalue weighted by Gasteiger charge is -2.20. The van der Waals surface area contributed by atoms with Gasteiger partial charge in [-0.3, -0.25) is 14.9 Å². The van der Waals surface area contributed by atoms with E-state index in [1.807, 2.05) is 0 Å². The lowest BCUT2D eigenvalue weighted by Crippen LogP contribution is -2.18. The molecule has 1 amide bonds. The van der Waals surface area contributed by atoms with Crippen molar-refractivity contribution in [3.8, 4) is 5.75 Å². The van der Waals surface area contributed by atoms with Crippen molar-refractivity contribution in [1.29, 1.82) is 0 Å². The van der Waals surface area contributed by atoms with Gasteiger partial charge < -0.3 is 10.1 Å². The van der Waals surface area contributed by atoms with E-state index in [1.165, 1.54) is 38.5 Å². The topological polar surface area (TPSA) is 81.5 Å². The monoisotopic (exact) mass is 324 g/mol. The molecule has 7 heteroatoms. The van der Waals surface area contributed by atoms with Gasteiger partial charge in [0.05, 0.1) is 23.9 Å². The fourth-order valence-corrected chi connectivity index (χ4v) is 3.63. The molecule has 1 fully saturated rings. The number of methoxy groups -OCH3 is 1. The van der Waals surface area contributed by atoms with Gasteiger partial charge in [0.1, 0.15) is 11.4 Å². The van der Waals surface area contributed by atoms with Crippen molar-refractivity contribution in [2.75, 3.05) is 18.2 Å². The first-order valence-corrected chi connectivity index (χ1v) is 8.39. The zero-order valence-corrected chi connectivity index (χ0v) is 13.4. The van der Waals surface area contributed by atoms with Crippen LogP contribution in [0.2, 0.25) is 0 Å². The maximum absolute atomic E-state index is 12.0. The van der Waals surface area contributed by atoms with Crippen molar-refractivity contribution in [2.45, 2.75) is 37.4 Å². The van der Waals surface area contributed by atoms with Gasteiger partial charge in [0.25, 0.3) is 5.69 Å². The van der Waals surface area contributed by atoms with E-state index in [2.05, 4.69) is 5.32 Å². The number of nitro benzene ring substituents is 1. The van der Waals surface area contributed by atoms with Crippen LogP contribution in [0.1, 0.15) is 32.1 Å². The molecule has 2 rings (SSSR count). The van der Waals surface area contributed by atoms with Crippen molar-refractivity contribution < 1.29 is 14.5 Å². The molecule has 0 bridgehead atoms. The number of amides is 1.